The standard InChI is InChI=1S/C14H23NO2/c1-14(2)8-12(3-4-17-14)15-13(16)11-6-9-5-10(9)7-11/h9-12H,3-8H2,1-2H3,(H,15,16). The number of hydrogen-bond donors (Lipinski definition) is 1. The van der Waals surface area contributed by atoms with E-state index in [2.05, 4.69) is 19.2 Å². The van der Waals surface area contributed by atoms with E-state index in [1.165, 1.54) is 6.42 Å². The van der Waals surface area contributed by atoms with E-state index < -0.39 is 0 Å². The Morgan fingerprint density at radius 1 is 1.24 bits per heavy atom. The number of ether oxygens (including phenoxy) is 1. The smallest absolute Gasteiger partial charge is 0.223 e. The number of amides is 1. The van der Waals surface area contributed by atoms with Gasteiger partial charge in [-0.05, 0) is 57.8 Å². The third-order valence-electron chi connectivity index (χ3n) is 4.66. The molecule has 2 aliphatic carbocycles. The van der Waals surface area contributed by atoms with Crippen LogP contribution >= 0.6 is 0 Å². The van der Waals surface area contributed by atoms with Crippen molar-refractivity contribution in [2.75, 3.05) is 6.61 Å². The van der Waals surface area contributed by atoms with Gasteiger partial charge in [0, 0.05) is 18.6 Å². The van der Waals surface area contributed by atoms with E-state index in [1.54, 1.807) is 0 Å². The summed E-state index contributed by atoms with van der Waals surface area (Å²) in [5.41, 5.74) is -0.0754. The highest BCUT2D eigenvalue weighted by Crippen LogP contribution is 2.54. The Kier molecular flexibility index (Phi) is 2.69. The second-order valence-electron chi connectivity index (χ2n) is 6.73. The summed E-state index contributed by atoms with van der Waals surface area (Å²) in [4.78, 5) is 12.1. The molecule has 3 aliphatic rings. The highest BCUT2D eigenvalue weighted by molar-refractivity contribution is 5.79. The molecule has 0 aromatic rings. The van der Waals surface area contributed by atoms with Crippen LogP contribution in [0.15, 0.2) is 0 Å². The Bertz CT molecular complexity index is 316. The first-order valence-electron chi connectivity index (χ1n) is 6.98. The third-order valence-corrected chi connectivity index (χ3v) is 4.66. The lowest BCUT2D eigenvalue weighted by Crippen LogP contribution is -2.47. The van der Waals surface area contributed by atoms with Crippen LogP contribution in [0.3, 0.4) is 0 Å². The Balaban J connectivity index is 1.50. The molecule has 1 amide bonds. The number of fused-ring (bicyclic) bond motifs is 1. The fraction of sp³-hybridized carbons (Fsp3) is 0.929. The second kappa shape index (κ2) is 3.98. The highest BCUT2D eigenvalue weighted by Gasteiger charge is 2.48. The molecule has 0 bridgehead atoms. The van der Waals surface area contributed by atoms with Crippen molar-refractivity contribution >= 4 is 5.91 Å². The summed E-state index contributed by atoms with van der Waals surface area (Å²) in [6.45, 7) is 4.99. The van der Waals surface area contributed by atoms with Crippen LogP contribution in [-0.4, -0.2) is 24.2 Å². The van der Waals surface area contributed by atoms with Crippen molar-refractivity contribution in [3.8, 4) is 0 Å². The molecule has 0 aromatic carbocycles. The molecule has 2 saturated carbocycles. The maximum absolute atomic E-state index is 12.1. The van der Waals surface area contributed by atoms with E-state index in [9.17, 15) is 4.79 Å². The Labute approximate surface area is 103 Å². The zero-order valence-electron chi connectivity index (χ0n) is 10.9. The van der Waals surface area contributed by atoms with Crippen molar-refractivity contribution < 1.29 is 9.53 Å². The van der Waals surface area contributed by atoms with Crippen LogP contribution in [0, 0.1) is 17.8 Å². The van der Waals surface area contributed by atoms with Gasteiger partial charge in [0.2, 0.25) is 5.91 Å². The van der Waals surface area contributed by atoms with E-state index in [0.717, 1.165) is 44.1 Å². The van der Waals surface area contributed by atoms with Gasteiger partial charge in [0.25, 0.3) is 0 Å². The van der Waals surface area contributed by atoms with Crippen LogP contribution in [0.25, 0.3) is 0 Å². The van der Waals surface area contributed by atoms with Crippen molar-refractivity contribution in [3.63, 3.8) is 0 Å². The van der Waals surface area contributed by atoms with Gasteiger partial charge in [0.15, 0.2) is 0 Å². The summed E-state index contributed by atoms with van der Waals surface area (Å²) >= 11 is 0. The maximum atomic E-state index is 12.1. The largest absolute Gasteiger partial charge is 0.375 e. The normalized spacial score (nSPS) is 42.9. The molecule has 3 heteroatoms. The molecule has 3 fully saturated rings. The van der Waals surface area contributed by atoms with E-state index in [-0.39, 0.29) is 5.60 Å². The molecule has 1 N–H and O–H groups in total. The quantitative estimate of drug-likeness (QED) is 0.799. The van der Waals surface area contributed by atoms with Crippen LogP contribution in [0.2, 0.25) is 0 Å². The molecular weight excluding hydrogens is 214 g/mol. The van der Waals surface area contributed by atoms with Crippen molar-refractivity contribution in [1.29, 1.82) is 0 Å². The Morgan fingerprint density at radius 2 is 1.94 bits per heavy atom. The topological polar surface area (TPSA) is 38.3 Å². The zero-order chi connectivity index (χ0) is 12.0. The van der Waals surface area contributed by atoms with Gasteiger partial charge in [0.1, 0.15) is 0 Å². The average molecular weight is 237 g/mol. The Morgan fingerprint density at radius 3 is 2.59 bits per heavy atom. The van der Waals surface area contributed by atoms with Gasteiger partial charge in [-0.15, -0.1) is 0 Å². The first-order valence-corrected chi connectivity index (χ1v) is 6.98. The van der Waals surface area contributed by atoms with Crippen LogP contribution in [0.5, 0.6) is 0 Å². The van der Waals surface area contributed by atoms with E-state index in [4.69, 9.17) is 4.74 Å². The lowest BCUT2D eigenvalue weighted by molar-refractivity contribution is -0.128. The van der Waals surface area contributed by atoms with Gasteiger partial charge < -0.3 is 10.1 Å². The number of rotatable bonds is 2. The van der Waals surface area contributed by atoms with E-state index in [0.29, 0.717) is 17.9 Å². The number of carbonyl (C=O) groups is 1. The molecule has 3 nitrogen and oxygen atoms in total. The van der Waals surface area contributed by atoms with Crippen molar-refractivity contribution in [1.82, 2.24) is 5.32 Å². The molecule has 0 aromatic heterocycles. The van der Waals surface area contributed by atoms with Crippen molar-refractivity contribution in [2.45, 2.75) is 57.6 Å². The first-order chi connectivity index (χ1) is 8.03. The summed E-state index contributed by atoms with van der Waals surface area (Å²) in [6, 6.07) is 0.322. The molecule has 3 rings (SSSR count). The van der Waals surface area contributed by atoms with E-state index >= 15 is 0 Å². The monoisotopic (exact) mass is 237 g/mol. The van der Waals surface area contributed by atoms with Crippen LogP contribution in [-0.2, 0) is 9.53 Å². The maximum Gasteiger partial charge on any atom is 0.223 e. The number of hydrogen-bond acceptors (Lipinski definition) is 2. The molecule has 3 unspecified atom stereocenters. The zero-order valence-corrected chi connectivity index (χ0v) is 10.9. The molecule has 3 atom stereocenters. The third kappa shape index (κ3) is 2.49. The fourth-order valence-electron chi connectivity index (χ4n) is 3.60. The van der Waals surface area contributed by atoms with Gasteiger partial charge in [0.05, 0.1) is 5.60 Å². The minimum atomic E-state index is -0.0754. The predicted molar refractivity (Wildman–Crippen MR) is 65.5 cm³/mol. The van der Waals surface area contributed by atoms with Gasteiger partial charge in [-0.2, -0.15) is 0 Å². The van der Waals surface area contributed by atoms with Gasteiger partial charge >= 0.3 is 0 Å². The molecule has 0 radical (unpaired) electrons. The minimum Gasteiger partial charge on any atom is -0.375 e. The first kappa shape index (κ1) is 11.5. The van der Waals surface area contributed by atoms with Crippen LogP contribution < -0.4 is 5.32 Å². The molecule has 17 heavy (non-hydrogen) atoms. The second-order valence-corrected chi connectivity index (χ2v) is 6.73. The summed E-state index contributed by atoms with van der Waals surface area (Å²) in [7, 11) is 0. The summed E-state index contributed by atoms with van der Waals surface area (Å²) in [6.07, 6.45) is 5.58. The van der Waals surface area contributed by atoms with Crippen molar-refractivity contribution in [3.05, 3.63) is 0 Å². The summed E-state index contributed by atoms with van der Waals surface area (Å²) < 4.78 is 5.68. The Hall–Kier alpha value is -0.570. The van der Waals surface area contributed by atoms with Gasteiger partial charge in [-0.3, -0.25) is 4.79 Å². The SMILES string of the molecule is CC1(C)CC(NC(=O)C2CC3CC3C2)CCO1. The summed E-state index contributed by atoms with van der Waals surface area (Å²) in [5, 5.41) is 3.24. The molecule has 1 heterocycles. The molecule has 1 aliphatic heterocycles. The fourth-order valence-corrected chi connectivity index (χ4v) is 3.60. The highest BCUT2D eigenvalue weighted by atomic mass is 16.5. The van der Waals surface area contributed by atoms with E-state index in [1.807, 2.05) is 0 Å². The molecule has 96 valence electrons. The number of carbonyl (C=O) groups excluding carboxylic acids is 1. The van der Waals surface area contributed by atoms with Crippen molar-refractivity contribution in [2.24, 2.45) is 17.8 Å². The molecule has 1 saturated heterocycles. The lowest BCUT2D eigenvalue weighted by Gasteiger charge is -2.36. The number of nitrogens with one attached hydrogen (secondary N) is 1. The predicted octanol–water partition coefficient (Wildman–Crippen LogP) is 2.11. The van der Waals surface area contributed by atoms with Crippen LogP contribution in [0.4, 0.5) is 0 Å². The average Bonchev–Trinajstić information content (AvgIpc) is 2.84. The van der Waals surface area contributed by atoms with Gasteiger partial charge in [-0.25, -0.2) is 0 Å². The molecular formula is C14H23NO2. The van der Waals surface area contributed by atoms with Gasteiger partial charge in [-0.1, -0.05) is 0 Å². The lowest BCUT2D eigenvalue weighted by atomic mass is 9.93. The summed E-state index contributed by atoms with van der Waals surface area (Å²) in [5.74, 6) is 2.39. The molecule has 0 spiro atoms. The van der Waals surface area contributed by atoms with Crippen LogP contribution in [0.1, 0.15) is 46.0 Å². The minimum absolute atomic E-state index is 0.0754.